The zero-order valence-electron chi connectivity index (χ0n) is 11.4. The Hall–Kier alpha value is -2.15. The summed E-state index contributed by atoms with van der Waals surface area (Å²) in [6.07, 6.45) is 1.73. The number of nitrogens with one attached hydrogen (secondary N) is 1. The number of thiazole rings is 1. The highest BCUT2D eigenvalue weighted by Gasteiger charge is 2.46. The van der Waals surface area contributed by atoms with Crippen LogP contribution < -0.4 is 5.32 Å². The van der Waals surface area contributed by atoms with Crippen LogP contribution in [0.15, 0.2) is 21.9 Å². The van der Waals surface area contributed by atoms with Crippen LogP contribution in [-0.4, -0.2) is 27.5 Å². The Kier molecular flexibility index (Phi) is 3.29. The highest BCUT2D eigenvalue weighted by molar-refractivity contribution is 7.13. The van der Waals surface area contributed by atoms with Crippen LogP contribution in [0.1, 0.15) is 35.5 Å². The SMILES string of the molecule is Cc1ccc(-c2nc(C(=O)NC3(C(=O)O)CCC3)cs2)o1. The van der Waals surface area contributed by atoms with E-state index in [9.17, 15) is 14.7 Å². The third-order valence-electron chi connectivity index (χ3n) is 3.66. The Morgan fingerprint density at radius 1 is 1.43 bits per heavy atom. The van der Waals surface area contributed by atoms with Crippen LogP contribution in [0.5, 0.6) is 0 Å². The van der Waals surface area contributed by atoms with Gasteiger partial charge in [0.15, 0.2) is 10.8 Å². The Morgan fingerprint density at radius 3 is 2.71 bits per heavy atom. The van der Waals surface area contributed by atoms with E-state index in [1.54, 1.807) is 11.4 Å². The molecule has 0 aromatic carbocycles. The summed E-state index contributed by atoms with van der Waals surface area (Å²) in [7, 11) is 0. The van der Waals surface area contributed by atoms with Gasteiger partial charge < -0.3 is 14.8 Å². The molecule has 0 radical (unpaired) electrons. The van der Waals surface area contributed by atoms with E-state index in [1.807, 2.05) is 13.0 Å². The summed E-state index contributed by atoms with van der Waals surface area (Å²) < 4.78 is 5.46. The summed E-state index contributed by atoms with van der Waals surface area (Å²) in [6, 6.07) is 3.62. The number of amides is 1. The normalized spacial score (nSPS) is 16.2. The maximum Gasteiger partial charge on any atom is 0.329 e. The minimum absolute atomic E-state index is 0.219. The van der Waals surface area contributed by atoms with E-state index in [0.717, 1.165) is 12.2 Å². The van der Waals surface area contributed by atoms with E-state index in [0.29, 0.717) is 23.6 Å². The standard InChI is InChI=1S/C14H14N2O4S/c1-8-3-4-10(20-8)12-15-9(7-21-12)11(17)16-14(13(18)19)5-2-6-14/h3-4,7H,2,5-6H2,1H3,(H,16,17)(H,18,19). The maximum absolute atomic E-state index is 12.1. The number of hydrogen-bond donors (Lipinski definition) is 2. The average Bonchev–Trinajstić information content (AvgIpc) is 3.01. The van der Waals surface area contributed by atoms with Gasteiger partial charge >= 0.3 is 5.97 Å². The zero-order chi connectivity index (χ0) is 15.0. The maximum atomic E-state index is 12.1. The molecule has 1 aliphatic carbocycles. The predicted octanol–water partition coefficient (Wildman–Crippen LogP) is 2.45. The monoisotopic (exact) mass is 306 g/mol. The molecule has 1 fully saturated rings. The molecule has 2 N–H and O–H groups in total. The van der Waals surface area contributed by atoms with Crippen molar-refractivity contribution in [3.8, 4) is 10.8 Å². The van der Waals surface area contributed by atoms with Gasteiger partial charge in [-0.3, -0.25) is 4.79 Å². The molecule has 2 aromatic heterocycles. The number of carboxylic acid groups (broad SMARTS) is 1. The first-order valence-electron chi connectivity index (χ1n) is 6.58. The van der Waals surface area contributed by atoms with Gasteiger partial charge in [0.1, 0.15) is 17.0 Å². The van der Waals surface area contributed by atoms with Gasteiger partial charge in [0.2, 0.25) is 0 Å². The first kappa shape index (κ1) is 13.8. The van der Waals surface area contributed by atoms with Crippen molar-refractivity contribution in [1.82, 2.24) is 10.3 Å². The Morgan fingerprint density at radius 2 is 2.19 bits per heavy atom. The van der Waals surface area contributed by atoms with Crippen molar-refractivity contribution in [2.24, 2.45) is 0 Å². The summed E-state index contributed by atoms with van der Waals surface area (Å²) in [6.45, 7) is 1.83. The molecule has 21 heavy (non-hydrogen) atoms. The van der Waals surface area contributed by atoms with Crippen LogP contribution in [0.25, 0.3) is 10.8 Å². The Labute approximate surface area is 124 Å². The second kappa shape index (κ2) is 5.00. The summed E-state index contributed by atoms with van der Waals surface area (Å²) in [5.74, 6) is -0.0688. The summed E-state index contributed by atoms with van der Waals surface area (Å²) in [5, 5.41) is 14.0. The lowest BCUT2D eigenvalue weighted by Gasteiger charge is -2.37. The molecule has 0 saturated heterocycles. The molecule has 0 atom stereocenters. The van der Waals surface area contributed by atoms with Gasteiger partial charge in [-0.2, -0.15) is 0 Å². The van der Waals surface area contributed by atoms with E-state index in [2.05, 4.69) is 10.3 Å². The molecule has 2 aromatic rings. The lowest BCUT2D eigenvalue weighted by molar-refractivity contribution is -0.148. The lowest BCUT2D eigenvalue weighted by atomic mass is 9.76. The zero-order valence-corrected chi connectivity index (χ0v) is 12.2. The molecule has 1 amide bonds. The number of aliphatic carboxylic acids is 1. The quantitative estimate of drug-likeness (QED) is 0.905. The van der Waals surface area contributed by atoms with Crippen molar-refractivity contribution in [2.45, 2.75) is 31.7 Å². The van der Waals surface area contributed by atoms with Gasteiger partial charge in [0.25, 0.3) is 5.91 Å². The van der Waals surface area contributed by atoms with Crippen molar-refractivity contribution in [3.05, 3.63) is 29.0 Å². The molecule has 3 rings (SSSR count). The molecule has 0 unspecified atom stereocenters. The highest BCUT2D eigenvalue weighted by atomic mass is 32.1. The third kappa shape index (κ3) is 2.44. The predicted molar refractivity (Wildman–Crippen MR) is 76.2 cm³/mol. The third-order valence-corrected chi connectivity index (χ3v) is 4.51. The van der Waals surface area contributed by atoms with E-state index < -0.39 is 17.4 Å². The number of hydrogen-bond acceptors (Lipinski definition) is 5. The van der Waals surface area contributed by atoms with Crippen molar-refractivity contribution < 1.29 is 19.1 Å². The molecule has 110 valence electrons. The van der Waals surface area contributed by atoms with Gasteiger partial charge in [-0.05, 0) is 38.3 Å². The van der Waals surface area contributed by atoms with Crippen LogP contribution in [0, 0.1) is 6.92 Å². The van der Waals surface area contributed by atoms with Crippen LogP contribution in [0.2, 0.25) is 0 Å². The average molecular weight is 306 g/mol. The molecular formula is C14H14N2O4S. The summed E-state index contributed by atoms with van der Waals surface area (Å²) in [4.78, 5) is 27.6. The van der Waals surface area contributed by atoms with Gasteiger partial charge in [-0.15, -0.1) is 11.3 Å². The van der Waals surface area contributed by atoms with E-state index >= 15 is 0 Å². The second-order valence-electron chi connectivity index (χ2n) is 5.14. The van der Waals surface area contributed by atoms with Gasteiger partial charge in [0.05, 0.1) is 0 Å². The van der Waals surface area contributed by atoms with Crippen LogP contribution >= 0.6 is 11.3 Å². The minimum atomic E-state index is -1.12. The van der Waals surface area contributed by atoms with E-state index in [1.165, 1.54) is 11.3 Å². The minimum Gasteiger partial charge on any atom is -0.480 e. The topological polar surface area (TPSA) is 92.4 Å². The van der Waals surface area contributed by atoms with Crippen molar-refractivity contribution in [3.63, 3.8) is 0 Å². The lowest BCUT2D eigenvalue weighted by Crippen LogP contribution is -2.59. The molecule has 0 aliphatic heterocycles. The van der Waals surface area contributed by atoms with Gasteiger partial charge in [-0.25, -0.2) is 9.78 Å². The van der Waals surface area contributed by atoms with Crippen molar-refractivity contribution in [2.75, 3.05) is 0 Å². The van der Waals surface area contributed by atoms with Crippen LogP contribution in [0.3, 0.4) is 0 Å². The molecule has 6 nitrogen and oxygen atoms in total. The fourth-order valence-corrected chi connectivity index (χ4v) is 3.00. The number of nitrogens with zero attached hydrogens (tertiary/aromatic N) is 1. The Balaban J connectivity index is 1.77. The smallest absolute Gasteiger partial charge is 0.329 e. The van der Waals surface area contributed by atoms with Crippen molar-refractivity contribution in [1.29, 1.82) is 0 Å². The van der Waals surface area contributed by atoms with Gasteiger partial charge in [-0.1, -0.05) is 0 Å². The van der Waals surface area contributed by atoms with E-state index in [-0.39, 0.29) is 5.69 Å². The fraction of sp³-hybridized carbons (Fsp3) is 0.357. The molecule has 0 spiro atoms. The van der Waals surface area contributed by atoms with Crippen molar-refractivity contribution >= 4 is 23.2 Å². The number of carbonyl (C=O) groups is 2. The molecule has 0 bridgehead atoms. The number of furan rings is 1. The second-order valence-corrected chi connectivity index (χ2v) is 6.00. The number of aromatic nitrogens is 1. The first-order valence-corrected chi connectivity index (χ1v) is 7.46. The fourth-order valence-electron chi connectivity index (χ4n) is 2.24. The molecule has 7 heteroatoms. The number of carboxylic acids is 1. The Bertz CT molecular complexity index is 699. The van der Waals surface area contributed by atoms with E-state index in [4.69, 9.17) is 4.42 Å². The van der Waals surface area contributed by atoms with Gasteiger partial charge in [0, 0.05) is 5.38 Å². The van der Waals surface area contributed by atoms with Crippen LogP contribution in [0.4, 0.5) is 0 Å². The molecule has 2 heterocycles. The number of aryl methyl sites for hydroxylation is 1. The number of carbonyl (C=O) groups excluding carboxylic acids is 1. The van der Waals surface area contributed by atoms with Crippen LogP contribution in [-0.2, 0) is 4.79 Å². The molecular weight excluding hydrogens is 292 g/mol. The largest absolute Gasteiger partial charge is 0.480 e. The number of rotatable bonds is 4. The highest BCUT2D eigenvalue weighted by Crippen LogP contribution is 2.32. The summed E-state index contributed by atoms with van der Waals surface area (Å²) in [5.41, 5.74) is -0.904. The first-order chi connectivity index (χ1) is 10.00. The molecule has 1 aliphatic rings. The summed E-state index contributed by atoms with van der Waals surface area (Å²) >= 11 is 1.29. The molecule has 1 saturated carbocycles.